The lowest BCUT2D eigenvalue weighted by atomic mass is 10.1. The molecule has 0 aliphatic rings. The van der Waals surface area contributed by atoms with Crippen molar-refractivity contribution < 1.29 is 31.3 Å². The van der Waals surface area contributed by atoms with Crippen LogP contribution in [-0.4, -0.2) is 16.0 Å². The van der Waals surface area contributed by atoms with Gasteiger partial charge < -0.3 is 9.84 Å². The first-order valence-electron chi connectivity index (χ1n) is 7.12. The van der Waals surface area contributed by atoms with E-state index in [1.807, 2.05) is 0 Å². The van der Waals surface area contributed by atoms with Crippen LogP contribution in [0.2, 0.25) is 5.02 Å². The molecule has 27 heavy (non-hydrogen) atoms. The smallest absolute Gasteiger partial charge is 0.329 e. The van der Waals surface area contributed by atoms with Gasteiger partial charge in [0.15, 0.2) is 11.6 Å². The molecule has 0 unspecified atom stereocenters. The second-order valence-electron chi connectivity index (χ2n) is 5.20. The Morgan fingerprint density at radius 2 is 1.67 bits per heavy atom. The molecule has 0 saturated carbocycles. The molecular weight excluding hydrogens is 397 g/mol. The summed E-state index contributed by atoms with van der Waals surface area (Å²) in [4.78, 5) is 15.3. The van der Waals surface area contributed by atoms with Crippen molar-refractivity contribution in [1.82, 2.24) is 10.1 Å². The Kier molecular flexibility index (Phi) is 4.83. The summed E-state index contributed by atoms with van der Waals surface area (Å²) < 4.78 is 68.9. The number of nitrogens with zero attached hydrogens (tertiary/aromatic N) is 2. The first kappa shape index (κ1) is 18.8. The topological polar surface area (TPSA) is 68.0 Å². The van der Waals surface area contributed by atoms with E-state index in [0.717, 1.165) is 12.1 Å². The molecule has 0 saturated heterocycles. The molecule has 0 aliphatic heterocycles. The number of hydrogen-bond acceptors (Lipinski definition) is 4. The number of halogens is 6. The van der Waals surface area contributed by atoms with Crippen LogP contribution in [0.4, 0.5) is 27.6 Å². The predicted octanol–water partition coefficient (Wildman–Crippen LogP) is 4.94. The molecule has 0 aliphatic carbocycles. The van der Waals surface area contributed by atoms with Crippen molar-refractivity contribution in [1.29, 1.82) is 0 Å². The van der Waals surface area contributed by atoms with Crippen LogP contribution < -0.4 is 5.32 Å². The molecule has 11 heteroatoms. The van der Waals surface area contributed by atoms with Crippen molar-refractivity contribution in [2.45, 2.75) is 6.18 Å². The number of carbonyl (C=O) groups is 1. The van der Waals surface area contributed by atoms with Crippen LogP contribution >= 0.6 is 11.6 Å². The van der Waals surface area contributed by atoms with E-state index in [4.69, 9.17) is 11.6 Å². The van der Waals surface area contributed by atoms with Gasteiger partial charge in [0.1, 0.15) is 5.69 Å². The third kappa shape index (κ3) is 4.05. The van der Waals surface area contributed by atoms with Gasteiger partial charge in [0.05, 0.1) is 0 Å². The fourth-order valence-electron chi connectivity index (χ4n) is 2.07. The lowest BCUT2D eigenvalue weighted by Crippen LogP contribution is -2.14. The Bertz CT molecular complexity index is 979. The fourth-order valence-corrected chi connectivity index (χ4v) is 2.27. The molecule has 5 nitrogen and oxygen atoms in total. The van der Waals surface area contributed by atoms with Crippen LogP contribution in [0.5, 0.6) is 0 Å². The highest BCUT2D eigenvalue weighted by Gasteiger charge is 2.38. The molecule has 140 valence electrons. The van der Waals surface area contributed by atoms with Crippen molar-refractivity contribution in [2.24, 2.45) is 0 Å². The number of anilines is 1. The number of amides is 1. The highest BCUT2D eigenvalue weighted by molar-refractivity contribution is 6.30. The Morgan fingerprint density at radius 1 is 1.07 bits per heavy atom. The number of carbonyl (C=O) groups excluding carboxylic acids is 1. The minimum atomic E-state index is -4.78. The van der Waals surface area contributed by atoms with E-state index in [1.165, 1.54) is 24.3 Å². The highest BCUT2D eigenvalue weighted by Crippen LogP contribution is 2.29. The number of nitrogens with one attached hydrogen (secondary N) is 1. The first-order chi connectivity index (χ1) is 12.6. The molecule has 0 bridgehead atoms. The highest BCUT2D eigenvalue weighted by atomic mass is 35.5. The van der Waals surface area contributed by atoms with Crippen LogP contribution in [0.25, 0.3) is 11.4 Å². The summed E-state index contributed by atoms with van der Waals surface area (Å²) in [5.41, 5.74) is -0.539. The van der Waals surface area contributed by atoms with Gasteiger partial charge in [-0.3, -0.25) is 4.79 Å². The standard InChI is InChI=1S/C16H7ClF5N3O2/c17-9-5-10(18)12(11(19)6-9)23-14(26)8-3-1-7(2-4-8)13-24-15(27-25-13)16(20,21)22/h1-6H,(H,23,26). The third-order valence-electron chi connectivity index (χ3n) is 3.32. The van der Waals surface area contributed by atoms with Crippen molar-refractivity contribution in [3.8, 4) is 11.4 Å². The summed E-state index contributed by atoms with van der Waals surface area (Å²) >= 11 is 5.50. The predicted molar refractivity (Wildman–Crippen MR) is 84.1 cm³/mol. The number of benzene rings is 2. The van der Waals surface area contributed by atoms with Gasteiger partial charge in [0.25, 0.3) is 5.91 Å². The molecule has 2 aromatic carbocycles. The van der Waals surface area contributed by atoms with Crippen molar-refractivity contribution in [3.05, 3.63) is 64.5 Å². The molecule has 0 fully saturated rings. The largest absolute Gasteiger partial charge is 0.471 e. The quantitative estimate of drug-likeness (QED) is 0.629. The minimum absolute atomic E-state index is 0.00737. The van der Waals surface area contributed by atoms with Gasteiger partial charge in [-0.1, -0.05) is 28.9 Å². The zero-order chi connectivity index (χ0) is 19.8. The Hall–Kier alpha value is -3.01. The zero-order valence-corrected chi connectivity index (χ0v) is 13.7. The van der Waals surface area contributed by atoms with E-state index in [1.54, 1.807) is 0 Å². The van der Waals surface area contributed by atoms with E-state index in [0.29, 0.717) is 0 Å². The number of alkyl halides is 3. The maximum Gasteiger partial charge on any atom is 0.471 e. The number of rotatable bonds is 3. The Morgan fingerprint density at radius 3 is 2.19 bits per heavy atom. The van der Waals surface area contributed by atoms with Gasteiger partial charge in [0, 0.05) is 16.1 Å². The molecule has 3 rings (SSSR count). The van der Waals surface area contributed by atoms with Crippen molar-refractivity contribution in [3.63, 3.8) is 0 Å². The average Bonchev–Trinajstić information content (AvgIpc) is 3.08. The summed E-state index contributed by atoms with van der Waals surface area (Å²) in [7, 11) is 0. The lowest BCUT2D eigenvalue weighted by molar-refractivity contribution is -0.159. The molecule has 0 spiro atoms. The van der Waals surface area contributed by atoms with Crippen LogP contribution in [0.15, 0.2) is 40.9 Å². The summed E-state index contributed by atoms with van der Waals surface area (Å²) in [5, 5.41) is 5.09. The molecular formula is C16H7ClF5N3O2. The van der Waals surface area contributed by atoms with Gasteiger partial charge in [0.2, 0.25) is 5.82 Å². The first-order valence-corrected chi connectivity index (χ1v) is 7.50. The number of hydrogen-bond donors (Lipinski definition) is 1. The van der Waals surface area contributed by atoms with Gasteiger partial charge in [-0.25, -0.2) is 8.78 Å². The maximum absolute atomic E-state index is 13.7. The Balaban J connectivity index is 1.79. The molecule has 1 aromatic heterocycles. The van der Waals surface area contributed by atoms with E-state index < -0.39 is 35.3 Å². The molecule has 1 N–H and O–H groups in total. The van der Waals surface area contributed by atoms with Gasteiger partial charge in [-0.05, 0) is 24.3 Å². The summed E-state index contributed by atoms with van der Waals surface area (Å²) in [6.45, 7) is 0. The summed E-state index contributed by atoms with van der Waals surface area (Å²) in [6.07, 6.45) is -4.78. The van der Waals surface area contributed by atoms with E-state index >= 15 is 0 Å². The van der Waals surface area contributed by atoms with Gasteiger partial charge in [-0.15, -0.1) is 0 Å². The van der Waals surface area contributed by atoms with Crippen LogP contribution in [-0.2, 0) is 6.18 Å². The van der Waals surface area contributed by atoms with Gasteiger partial charge in [-0.2, -0.15) is 18.2 Å². The third-order valence-corrected chi connectivity index (χ3v) is 3.54. The number of aromatic nitrogens is 2. The molecule has 3 aromatic rings. The van der Waals surface area contributed by atoms with E-state index in [9.17, 15) is 26.7 Å². The minimum Gasteiger partial charge on any atom is -0.329 e. The normalized spacial score (nSPS) is 11.5. The second kappa shape index (κ2) is 6.95. The Labute approximate surface area is 152 Å². The van der Waals surface area contributed by atoms with E-state index in [-0.39, 0.29) is 22.0 Å². The van der Waals surface area contributed by atoms with Crippen LogP contribution in [0.1, 0.15) is 16.2 Å². The molecule has 0 radical (unpaired) electrons. The molecule has 1 heterocycles. The van der Waals surface area contributed by atoms with Crippen molar-refractivity contribution in [2.75, 3.05) is 5.32 Å². The maximum atomic E-state index is 13.7. The fraction of sp³-hybridized carbons (Fsp3) is 0.0625. The van der Waals surface area contributed by atoms with E-state index in [2.05, 4.69) is 20.0 Å². The molecule has 1 amide bonds. The second-order valence-corrected chi connectivity index (χ2v) is 5.63. The van der Waals surface area contributed by atoms with Crippen LogP contribution in [0.3, 0.4) is 0 Å². The van der Waals surface area contributed by atoms with Gasteiger partial charge >= 0.3 is 12.1 Å². The lowest BCUT2D eigenvalue weighted by Gasteiger charge is -2.08. The van der Waals surface area contributed by atoms with Crippen molar-refractivity contribution >= 4 is 23.2 Å². The van der Waals surface area contributed by atoms with Crippen LogP contribution in [0, 0.1) is 11.6 Å². The molecule has 0 atom stereocenters. The monoisotopic (exact) mass is 403 g/mol. The summed E-state index contributed by atoms with van der Waals surface area (Å²) in [5.74, 6) is -4.80. The SMILES string of the molecule is O=C(Nc1c(F)cc(Cl)cc1F)c1ccc(-c2noc(C(F)(F)F)n2)cc1. The summed E-state index contributed by atoms with van der Waals surface area (Å²) in [6, 6.07) is 6.62. The average molecular weight is 404 g/mol. The zero-order valence-electron chi connectivity index (χ0n) is 12.9.